The smallest absolute Gasteiger partial charge is 0.226 e. The molecule has 0 aliphatic carbocycles. The molecular formula is C27H27FN4O2. The number of aryl methyl sites for hydroxylation is 1. The van der Waals surface area contributed by atoms with Gasteiger partial charge in [0.2, 0.25) is 5.91 Å². The van der Waals surface area contributed by atoms with Gasteiger partial charge in [-0.2, -0.15) is 0 Å². The minimum absolute atomic E-state index is 0.0744. The molecule has 34 heavy (non-hydrogen) atoms. The average molecular weight is 459 g/mol. The van der Waals surface area contributed by atoms with Crippen molar-refractivity contribution in [3.63, 3.8) is 0 Å². The van der Waals surface area contributed by atoms with Crippen LogP contribution in [0.25, 0.3) is 0 Å². The van der Waals surface area contributed by atoms with E-state index in [0.717, 1.165) is 22.5 Å². The van der Waals surface area contributed by atoms with Crippen LogP contribution >= 0.6 is 0 Å². The summed E-state index contributed by atoms with van der Waals surface area (Å²) in [7, 11) is 0. The van der Waals surface area contributed by atoms with Crippen LogP contribution in [-0.4, -0.2) is 17.5 Å². The van der Waals surface area contributed by atoms with Gasteiger partial charge in [0.05, 0.1) is 5.69 Å². The lowest BCUT2D eigenvalue weighted by atomic mass is 10.1. The first-order valence-electron chi connectivity index (χ1n) is 11.2. The lowest BCUT2D eigenvalue weighted by Crippen LogP contribution is -2.37. The Morgan fingerprint density at radius 1 is 0.912 bits per heavy atom. The highest BCUT2D eigenvalue weighted by Crippen LogP contribution is 2.39. The SMILES string of the molecule is CC(=O)C1=NN(c2ccc(C)cc2)[C@H](c2ccc(F)cc2)N1c1ccc(NC(=O)C(C)C)cc1. The molecule has 4 rings (SSSR count). The average Bonchev–Trinajstić information content (AvgIpc) is 3.21. The molecule has 1 aliphatic heterocycles. The summed E-state index contributed by atoms with van der Waals surface area (Å²) in [6, 6.07) is 21.3. The molecule has 3 aromatic rings. The summed E-state index contributed by atoms with van der Waals surface area (Å²) < 4.78 is 13.7. The molecule has 1 atom stereocenters. The molecule has 7 heteroatoms. The zero-order valence-electron chi connectivity index (χ0n) is 19.6. The van der Waals surface area contributed by atoms with E-state index in [2.05, 4.69) is 10.4 Å². The molecule has 0 aromatic heterocycles. The first kappa shape index (κ1) is 23.2. The first-order valence-corrected chi connectivity index (χ1v) is 11.2. The van der Waals surface area contributed by atoms with Crippen molar-refractivity contribution in [3.05, 3.63) is 89.7 Å². The standard InChI is InChI=1S/C27H27FN4O2/c1-17(2)26(34)29-22-11-15-23(16-12-22)31-25(19(4)33)30-32(24-13-5-18(3)6-14-24)27(31)20-7-9-21(28)10-8-20/h5-17,27H,1-4H3,(H,29,34)/t27-/m1/s1. The maximum Gasteiger partial charge on any atom is 0.226 e. The number of hydrogen-bond donors (Lipinski definition) is 1. The fraction of sp³-hybridized carbons (Fsp3) is 0.222. The fourth-order valence-corrected chi connectivity index (χ4v) is 3.75. The predicted octanol–water partition coefficient (Wildman–Crippen LogP) is 5.66. The van der Waals surface area contributed by atoms with E-state index < -0.39 is 6.17 Å². The summed E-state index contributed by atoms with van der Waals surface area (Å²) in [4.78, 5) is 26.6. The van der Waals surface area contributed by atoms with Crippen LogP contribution in [0.4, 0.5) is 21.5 Å². The van der Waals surface area contributed by atoms with Crippen LogP contribution in [0.2, 0.25) is 0 Å². The molecule has 1 aliphatic rings. The molecule has 0 saturated heterocycles. The number of rotatable bonds is 6. The summed E-state index contributed by atoms with van der Waals surface area (Å²) in [6.45, 7) is 7.14. The maximum absolute atomic E-state index is 13.7. The number of ketones is 1. The number of carbonyl (C=O) groups excluding carboxylic acids is 2. The van der Waals surface area contributed by atoms with Crippen molar-refractivity contribution in [1.29, 1.82) is 0 Å². The monoisotopic (exact) mass is 458 g/mol. The van der Waals surface area contributed by atoms with E-state index in [0.29, 0.717) is 5.69 Å². The molecule has 174 valence electrons. The Kier molecular flexibility index (Phi) is 6.45. The lowest BCUT2D eigenvalue weighted by molar-refractivity contribution is -0.119. The van der Waals surface area contributed by atoms with Crippen LogP contribution in [0, 0.1) is 18.7 Å². The normalized spacial score (nSPS) is 15.5. The van der Waals surface area contributed by atoms with Crippen LogP contribution in [-0.2, 0) is 9.59 Å². The summed E-state index contributed by atoms with van der Waals surface area (Å²) in [5.41, 5.74) is 4.08. The topological polar surface area (TPSA) is 65.0 Å². The molecular weight excluding hydrogens is 431 g/mol. The third-order valence-electron chi connectivity index (χ3n) is 5.63. The summed E-state index contributed by atoms with van der Waals surface area (Å²) in [6.07, 6.45) is -0.502. The second kappa shape index (κ2) is 9.47. The van der Waals surface area contributed by atoms with Crippen molar-refractivity contribution in [3.8, 4) is 0 Å². The van der Waals surface area contributed by atoms with Gasteiger partial charge < -0.3 is 5.32 Å². The molecule has 0 saturated carbocycles. The molecule has 0 spiro atoms. The molecule has 1 heterocycles. The number of carbonyl (C=O) groups is 2. The van der Waals surface area contributed by atoms with Gasteiger partial charge in [-0.25, -0.2) is 9.40 Å². The fourth-order valence-electron chi connectivity index (χ4n) is 3.75. The predicted molar refractivity (Wildman–Crippen MR) is 133 cm³/mol. The number of halogens is 1. The van der Waals surface area contributed by atoms with Crippen LogP contribution in [0.5, 0.6) is 0 Å². The van der Waals surface area contributed by atoms with Gasteiger partial charge in [0.15, 0.2) is 17.8 Å². The second-order valence-electron chi connectivity index (χ2n) is 8.65. The summed E-state index contributed by atoms with van der Waals surface area (Å²) in [5.74, 6) is -0.476. The number of hydrazone groups is 1. The Balaban J connectivity index is 1.78. The highest BCUT2D eigenvalue weighted by atomic mass is 19.1. The maximum atomic E-state index is 13.7. The van der Waals surface area contributed by atoms with E-state index >= 15 is 0 Å². The van der Waals surface area contributed by atoms with Crippen molar-refractivity contribution in [2.45, 2.75) is 33.9 Å². The van der Waals surface area contributed by atoms with Gasteiger partial charge in [-0.1, -0.05) is 43.7 Å². The van der Waals surface area contributed by atoms with Crippen molar-refractivity contribution in [1.82, 2.24) is 0 Å². The zero-order chi connectivity index (χ0) is 24.4. The van der Waals surface area contributed by atoms with Crippen molar-refractivity contribution >= 4 is 34.6 Å². The highest BCUT2D eigenvalue weighted by molar-refractivity contribution is 6.44. The Hall–Kier alpha value is -4.00. The third kappa shape index (κ3) is 4.69. The van der Waals surface area contributed by atoms with E-state index in [4.69, 9.17) is 0 Å². The minimum Gasteiger partial charge on any atom is -0.326 e. The largest absolute Gasteiger partial charge is 0.326 e. The van der Waals surface area contributed by atoms with E-state index in [-0.39, 0.29) is 29.3 Å². The third-order valence-corrected chi connectivity index (χ3v) is 5.63. The van der Waals surface area contributed by atoms with Crippen LogP contribution in [0.3, 0.4) is 0 Å². The zero-order valence-corrected chi connectivity index (χ0v) is 19.6. The molecule has 6 nitrogen and oxygen atoms in total. The number of amidine groups is 1. The van der Waals surface area contributed by atoms with Crippen molar-refractivity contribution in [2.24, 2.45) is 11.0 Å². The number of Topliss-reactive ketones (excluding diaryl/α,β-unsaturated/α-hetero) is 1. The van der Waals surface area contributed by atoms with Gasteiger partial charge in [0, 0.05) is 24.2 Å². The van der Waals surface area contributed by atoms with Gasteiger partial charge in [-0.3, -0.25) is 14.5 Å². The van der Waals surface area contributed by atoms with Crippen LogP contribution < -0.4 is 15.2 Å². The second-order valence-corrected chi connectivity index (χ2v) is 8.65. The van der Waals surface area contributed by atoms with Gasteiger partial charge >= 0.3 is 0 Å². The van der Waals surface area contributed by atoms with E-state index in [1.54, 1.807) is 29.3 Å². The highest BCUT2D eigenvalue weighted by Gasteiger charge is 2.39. The van der Waals surface area contributed by atoms with Gasteiger partial charge in [0.25, 0.3) is 0 Å². The van der Waals surface area contributed by atoms with E-state index in [1.807, 2.05) is 62.1 Å². The van der Waals surface area contributed by atoms with Crippen molar-refractivity contribution in [2.75, 3.05) is 15.2 Å². The van der Waals surface area contributed by atoms with Crippen LogP contribution in [0.1, 0.15) is 38.1 Å². The number of nitrogens with zero attached hydrogens (tertiary/aromatic N) is 3. The van der Waals surface area contributed by atoms with Gasteiger partial charge in [-0.15, -0.1) is 5.10 Å². The van der Waals surface area contributed by atoms with Crippen LogP contribution in [0.15, 0.2) is 77.9 Å². The molecule has 0 fully saturated rings. The van der Waals surface area contributed by atoms with E-state index in [9.17, 15) is 14.0 Å². The van der Waals surface area contributed by atoms with Gasteiger partial charge in [-0.05, 0) is 61.0 Å². The Labute approximate surface area is 198 Å². The Bertz CT molecular complexity index is 1220. The molecule has 3 aromatic carbocycles. The molecule has 1 amide bonds. The van der Waals surface area contributed by atoms with Gasteiger partial charge in [0.1, 0.15) is 5.82 Å². The first-order chi connectivity index (χ1) is 16.2. The number of nitrogens with one attached hydrogen (secondary N) is 1. The molecule has 0 bridgehead atoms. The number of amides is 1. The Morgan fingerprint density at radius 3 is 2.06 bits per heavy atom. The quantitative estimate of drug-likeness (QED) is 0.518. The van der Waals surface area contributed by atoms with Crippen molar-refractivity contribution < 1.29 is 14.0 Å². The van der Waals surface area contributed by atoms with E-state index in [1.165, 1.54) is 19.1 Å². The summed E-state index contributed by atoms with van der Waals surface area (Å²) >= 11 is 0. The number of hydrogen-bond acceptors (Lipinski definition) is 5. The lowest BCUT2D eigenvalue weighted by Gasteiger charge is -2.32. The minimum atomic E-state index is -0.502. The number of anilines is 3. The molecule has 1 N–H and O–H groups in total. The summed E-state index contributed by atoms with van der Waals surface area (Å²) in [5, 5.41) is 9.33. The molecule has 0 unspecified atom stereocenters. The molecule has 0 radical (unpaired) electrons. The number of benzene rings is 3. The Morgan fingerprint density at radius 2 is 1.50 bits per heavy atom.